The Morgan fingerprint density at radius 3 is 2.81 bits per heavy atom. The normalized spacial score (nSPS) is 11.2. The first kappa shape index (κ1) is 11.1. The highest BCUT2D eigenvalue weighted by Crippen LogP contribution is 2.20. The highest BCUT2D eigenvalue weighted by atomic mass is 35.5. The molecule has 0 bridgehead atoms. The van der Waals surface area contributed by atoms with Crippen LogP contribution >= 0.6 is 11.6 Å². The molecule has 2 aromatic rings. The van der Waals surface area contributed by atoms with Gasteiger partial charge in [0.05, 0.1) is 6.33 Å². The lowest BCUT2D eigenvalue weighted by Crippen LogP contribution is -2.18. The third-order valence-electron chi connectivity index (χ3n) is 2.58. The molecule has 2 aromatic heterocycles. The fraction of sp³-hybridized carbons (Fsp3) is 0.500. The van der Waals surface area contributed by atoms with Crippen molar-refractivity contribution < 1.29 is 0 Å². The third-order valence-corrected chi connectivity index (χ3v) is 2.75. The number of nitrogens with zero attached hydrogens (tertiary/aromatic N) is 3. The molecule has 0 radical (unpaired) electrons. The van der Waals surface area contributed by atoms with Crippen LogP contribution in [0.25, 0.3) is 11.2 Å². The maximum Gasteiger partial charge on any atom is 0.226 e. The molecule has 2 N–H and O–H groups in total. The van der Waals surface area contributed by atoms with Crippen molar-refractivity contribution in [2.45, 2.75) is 32.7 Å². The molecule has 0 aliphatic heterocycles. The topological polar surface area (TPSA) is 66.5 Å². The summed E-state index contributed by atoms with van der Waals surface area (Å²) in [7, 11) is 0. The fourth-order valence-electron chi connectivity index (χ4n) is 1.60. The van der Waals surface area contributed by atoms with Gasteiger partial charge in [0.1, 0.15) is 5.52 Å². The van der Waals surface area contributed by atoms with Gasteiger partial charge in [-0.3, -0.25) is 0 Å². The Morgan fingerprint density at radius 2 is 2.12 bits per heavy atom. The van der Waals surface area contributed by atoms with E-state index in [0.29, 0.717) is 11.7 Å². The highest BCUT2D eigenvalue weighted by Gasteiger charge is 2.11. The first-order valence-corrected chi connectivity index (χ1v) is 5.75. The van der Waals surface area contributed by atoms with Gasteiger partial charge in [-0.2, -0.15) is 9.97 Å². The van der Waals surface area contributed by atoms with Crippen LogP contribution in [0, 0.1) is 0 Å². The zero-order chi connectivity index (χ0) is 11.5. The largest absolute Gasteiger partial charge is 0.365 e. The number of fused-ring (bicyclic) bond motifs is 1. The zero-order valence-corrected chi connectivity index (χ0v) is 10.0. The van der Waals surface area contributed by atoms with Gasteiger partial charge in [-0.05, 0) is 24.4 Å². The Bertz CT molecular complexity index is 477. The van der Waals surface area contributed by atoms with Crippen molar-refractivity contribution in [2.75, 3.05) is 5.32 Å². The maximum atomic E-state index is 5.83. The molecule has 0 aliphatic carbocycles. The van der Waals surface area contributed by atoms with Crippen molar-refractivity contribution in [2.24, 2.45) is 0 Å². The standard InChI is InChI=1S/C10H14ClN5/c1-3-6(4-2)14-9-7-8(13-5-12-7)15-10(11)16-9/h5-6H,3-4H2,1-2H3,(H2,12,13,14,15,16). The number of aromatic nitrogens is 4. The van der Waals surface area contributed by atoms with Crippen LogP contribution in [-0.2, 0) is 0 Å². The molecular weight excluding hydrogens is 226 g/mol. The average Bonchev–Trinajstić information content (AvgIpc) is 2.73. The van der Waals surface area contributed by atoms with E-state index in [-0.39, 0.29) is 5.28 Å². The summed E-state index contributed by atoms with van der Waals surface area (Å²) in [5, 5.41) is 3.56. The number of aromatic amines is 1. The molecule has 86 valence electrons. The molecular formula is C10H14ClN5. The van der Waals surface area contributed by atoms with Crippen molar-refractivity contribution in [1.29, 1.82) is 0 Å². The Morgan fingerprint density at radius 1 is 1.38 bits per heavy atom. The van der Waals surface area contributed by atoms with Crippen LogP contribution in [-0.4, -0.2) is 26.0 Å². The number of rotatable bonds is 4. The number of anilines is 1. The summed E-state index contributed by atoms with van der Waals surface area (Å²) in [6.07, 6.45) is 3.66. The molecule has 0 amide bonds. The predicted octanol–water partition coefficient (Wildman–Crippen LogP) is 2.61. The molecule has 16 heavy (non-hydrogen) atoms. The summed E-state index contributed by atoms with van der Waals surface area (Å²) >= 11 is 5.83. The highest BCUT2D eigenvalue weighted by molar-refractivity contribution is 6.28. The summed E-state index contributed by atoms with van der Waals surface area (Å²) in [5.41, 5.74) is 1.39. The lowest BCUT2D eigenvalue weighted by Gasteiger charge is -2.15. The first-order valence-electron chi connectivity index (χ1n) is 5.37. The minimum Gasteiger partial charge on any atom is -0.365 e. The van der Waals surface area contributed by atoms with Crippen LogP contribution in [0.5, 0.6) is 0 Å². The summed E-state index contributed by atoms with van der Waals surface area (Å²) < 4.78 is 0. The van der Waals surface area contributed by atoms with E-state index >= 15 is 0 Å². The van der Waals surface area contributed by atoms with E-state index in [1.165, 1.54) is 0 Å². The molecule has 5 nitrogen and oxygen atoms in total. The van der Waals surface area contributed by atoms with Gasteiger partial charge in [0, 0.05) is 6.04 Å². The van der Waals surface area contributed by atoms with Gasteiger partial charge >= 0.3 is 0 Å². The SMILES string of the molecule is CCC(CC)Nc1nc(Cl)nc2nc[nH]c12. The molecule has 0 saturated carbocycles. The Labute approximate surface area is 98.7 Å². The first-order chi connectivity index (χ1) is 7.74. The van der Waals surface area contributed by atoms with E-state index in [0.717, 1.165) is 24.2 Å². The number of halogens is 1. The predicted molar refractivity (Wildman–Crippen MR) is 64.7 cm³/mol. The molecule has 0 unspecified atom stereocenters. The van der Waals surface area contributed by atoms with Gasteiger partial charge in [-0.25, -0.2) is 4.98 Å². The minimum atomic E-state index is 0.216. The number of nitrogens with one attached hydrogen (secondary N) is 2. The second kappa shape index (κ2) is 4.65. The van der Waals surface area contributed by atoms with Crippen LogP contribution in [0.1, 0.15) is 26.7 Å². The zero-order valence-electron chi connectivity index (χ0n) is 9.29. The summed E-state index contributed by atoms with van der Waals surface area (Å²) in [4.78, 5) is 15.3. The molecule has 0 aliphatic rings. The molecule has 6 heteroatoms. The van der Waals surface area contributed by atoms with Gasteiger partial charge in [0.25, 0.3) is 0 Å². The number of imidazole rings is 1. The lowest BCUT2D eigenvalue weighted by atomic mass is 10.2. The van der Waals surface area contributed by atoms with Crippen molar-refractivity contribution in [1.82, 2.24) is 19.9 Å². The smallest absolute Gasteiger partial charge is 0.226 e. The maximum absolute atomic E-state index is 5.83. The minimum absolute atomic E-state index is 0.216. The third kappa shape index (κ3) is 2.09. The quantitative estimate of drug-likeness (QED) is 0.805. The van der Waals surface area contributed by atoms with Crippen molar-refractivity contribution in [3.8, 4) is 0 Å². The van der Waals surface area contributed by atoms with Gasteiger partial charge in [0.15, 0.2) is 11.5 Å². The molecule has 0 spiro atoms. The molecule has 0 aromatic carbocycles. The Balaban J connectivity index is 2.38. The van der Waals surface area contributed by atoms with Gasteiger partial charge in [-0.15, -0.1) is 0 Å². The van der Waals surface area contributed by atoms with Crippen LogP contribution in [0.3, 0.4) is 0 Å². The van der Waals surface area contributed by atoms with E-state index in [1.54, 1.807) is 6.33 Å². The van der Waals surface area contributed by atoms with E-state index in [1.807, 2.05) is 0 Å². The van der Waals surface area contributed by atoms with Crippen LogP contribution in [0.2, 0.25) is 5.28 Å². The number of hydrogen-bond donors (Lipinski definition) is 2. The second-order valence-corrected chi connectivity index (χ2v) is 3.94. The van der Waals surface area contributed by atoms with E-state index in [9.17, 15) is 0 Å². The fourth-order valence-corrected chi connectivity index (χ4v) is 1.76. The molecule has 2 rings (SSSR count). The van der Waals surface area contributed by atoms with Crippen molar-refractivity contribution in [3.63, 3.8) is 0 Å². The Kier molecular flexibility index (Phi) is 3.24. The van der Waals surface area contributed by atoms with Crippen LogP contribution < -0.4 is 5.32 Å². The lowest BCUT2D eigenvalue weighted by molar-refractivity contribution is 0.669. The van der Waals surface area contributed by atoms with E-state index in [4.69, 9.17) is 11.6 Å². The van der Waals surface area contributed by atoms with E-state index in [2.05, 4.69) is 39.1 Å². The summed E-state index contributed by atoms with van der Waals surface area (Å²) in [6.45, 7) is 4.27. The summed E-state index contributed by atoms with van der Waals surface area (Å²) in [6, 6.07) is 0.387. The average molecular weight is 240 g/mol. The monoisotopic (exact) mass is 239 g/mol. The molecule has 2 heterocycles. The van der Waals surface area contributed by atoms with Gasteiger partial charge < -0.3 is 10.3 Å². The molecule has 0 saturated heterocycles. The number of hydrogen-bond acceptors (Lipinski definition) is 4. The molecule has 0 atom stereocenters. The Hall–Kier alpha value is -1.36. The van der Waals surface area contributed by atoms with Crippen LogP contribution in [0.15, 0.2) is 6.33 Å². The van der Waals surface area contributed by atoms with Crippen molar-refractivity contribution >= 4 is 28.6 Å². The van der Waals surface area contributed by atoms with Gasteiger partial charge in [-0.1, -0.05) is 13.8 Å². The summed E-state index contributed by atoms with van der Waals surface area (Å²) in [5.74, 6) is 0.723. The number of H-pyrrole nitrogens is 1. The second-order valence-electron chi connectivity index (χ2n) is 3.60. The molecule has 0 fully saturated rings. The van der Waals surface area contributed by atoms with Gasteiger partial charge in [0.2, 0.25) is 5.28 Å². The van der Waals surface area contributed by atoms with Crippen molar-refractivity contribution in [3.05, 3.63) is 11.6 Å². The van der Waals surface area contributed by atoms with E-state index < -0.39 is 0 Å². The van der Waals surface area contributed by atoms with Crippen LogP contribution in [0.4, 0.5) is 5.82 Å².